The summed E-state index contributed by atoms with van der Waals surface area (Å²) in [6.45, 7) is 1.57. The van der Waals surface area contributed by atoms with Crippen LogP contribution in [0, 0.1) is 0 Å². The van der Waals surface area contributed by atoms with Gasteiger partial charge in [0.1, 0.15) is 0 Å². The van der Waals surface area contributed by atoms with E-state index < -0.39 is 10.0 Å². The molecule has 7 heteroatoms. The number of sulfonamides is 1. The first-order valence-corrected chi connectivity index (χ1v) is 10.7. The minimum absolute atomic E-state index is 0.0807. The Hall–Kier alpha value is -1.96. The third-order valence-corrected chi connectivity index (χ3v) is 6.50. The summed E-state index contributed by atoms with van der Waals surface area (Å²) in [6.07, 6.45) is 4.59. The van der Waals surface area contributed by atoms with Crippen LogP contribution < -0.4 is 0 Å². The SMILES string of the molecule is CS(=O)(=O)N1CCN(C(=O)/C=C/c2ccc(-c3ccccc3)s2)CC1. The zero-order valence-electron chi connectivity index (χ0n) is 14.0. The minimum Gasteiger partial charge on any atom is -0.337 e. The van der Waals surface area contributed by atoms with E-state index in [0.717, 1.165) is 15.3 Å². The van der Waals surface area contributed by atoms with Crippen molar-refractivity contribution >= 4 is 33.3 Å². The largest absolute Gasteiger partial charge is 0.337 e. The zero-order chi connectivity index (χ0) is 17.9. The van der Waals surface area contributed by atoms with Gasteiger partial charge in [0, 0.05) is 42.0 Å². The summed E-state index contributed by atoms with van der Waals surface area (Å²) in [4.78, 5) is 16.1. The number of carbonyl (C=O) groups excluding carboxylic acids is 1. The van der Waals surface area contributed by atoms with Gasteiger partial charge in [-0.25, -0.2) is 8.42 Å². The van der Waals surface area contributed by atoms with Gasteiger partial charge in [-0.3, -0.25) is 4.79 Å². The van der Waals surface area contributed by atoms with E-state index in [-0.39, 0.29) is 5.91 Å². The molecule has 1 aliphatic rings. The lowest BCUT2D eigenvalue weighted by atomic mass is 10.2. The predicted molar refractivity (Wildman–Crippen MR) is 102 cm³/mol. The maximum absolute atomic E-state index is 12.3. The van der Waals surface area contributed by atoms with E-state index in [9.17, 15) is 13.2 Å². The molecule has 0 spiro atoms. The van der Waals surface area contributed by atoms with Crippen molar-refractivity contribution in [2.75, 3.05) is 32.4 Å². The lowest BCUT2D eigenvalue weighted by molar-refractivity contribution is -0.127. The van der Waals surface area contributed by atoms with Crippen molar-refractivity contribution in [2.45, 2.75) is 0 Å². The molecular weight excluding hydrogens is 356 g/mol. The molecule has 2 heterocycles. The van der Waals surface area contributed by atoms with Crippen LogP contribution in [-0.2, 0) is 14.8 Å². The van der Waals surface area contributed by atoms with Crippen molar-refractivity contribution < 1.29 is 13.2 Å². The highest BCUT2D eigenvalue weighted by molar-refractivity contribution is 7.88. The molecule has 132 valence electrons. The van der Waals surface area contributed by atoms with Crippen molar-refractivity contribution in [1.29, 1.82) is 0 Å². The highest BCUT2D eigenvalue weighted by atomic mass is 32.2. The average molecular weight is 377 g/mol. The molecule has 5 nitrogen and oxygen atoms in total. The van der Waals surface area contributed by atoms with Gasteiger partial charge in [0.2, 0.25) is 15.9 Å². The summed E-state index contributed by atoms with van der Waals surface area (Å²) in [5.74, 6) is -0.0807. The van der Waals surface area contributed by atoms with Crippen molar-refractivity contribution in [2.24, 2.45) is 0 Å². The van der Waals surface area contributed by atoms with Crippen LogP contribution in [0.15, 0.2) is 48.5 Å². The fraction of sp³-hybridized carbons (Fsp3) is 0.278. The van der Waals surface area contributed by atoms with E-state index in [4.69, 9.17) is 0 Å². The Balaban J connectivity index is 1.60. The second-order valence-corrected chi connectivity index (χ2v) is 8.99. The van der Waals surface area contributed by atoms with Crippen LogP contribution in [0.25, 0.3) is 16.5 Å². The van der Waals surface area contributed by atoms with Gasteiger partial charge >= 0.3 is 0 Å². The zero-order valence-corrected chi connectivity index (χ0v) is 15.6. The number of carbonyl (C=O) groups is 1. The summed E-state index contributed by atoms with van der Waals surface area (Å²) in [5.41, 5.74) is 1.16. The van der Waals surface area contributed by atoms with E-state index in [1.54, 1.807) is 22.3 Å². The number of amides is 1. The molecule has 0 saturated carbocycles. The van der Waals surface area contributed by atoms with Gasteiger partial charge in [-0.2, -0.15) is 4.31 Å². The van der Waals surface area contributed by atoms with Crippen LogP contribution in [0.1, 0.15) is 4.88 Å². The Labute approximate surface area is 152 Å². The molecule has 0 N–H and O–H groups in total. The van der Waals surface area contributed by atoms with E-state index in [1.807, 2.05) is 30.3 Å². The summed E-state index contributed by atoms with van der Waals surface area (Å²) in [7, 11) is -3.17. The van der Waals surface area contributed by atoms with E-state index in [2.05, 4.69) is 18.2 Å². The number of piperazine rings is 1. The normalized spacial score (nSPS) is 16.4. The van der Waals surface area contributed by atoms with Gasteiger partial charge < -0.3 is 4.90 Å². The number of benzene rings is 1. The molecule has 1 aromatic heterocycles. The molecule has 2 aromatic rings. The second-order valence-electron chi connectivity index (χ2n) is 5.89. The topological polar surface area (TPSA) is 57.7 Å². The first-order valence-electron chi connectivity index (χ1n) is 8.01. The third-order valence-electron chi connectivity index (χ3n) is 4.09. The van der Waals surface area contributed by atoms with Crippen molar-refractivity contribution in [3.8, 4) is 10.4 Å². The van der Waals surface area contributed by atoms with Crippen LogP contribution in [0.2, 0.25) is 0 Å². The smallest absolute Gasteiger partial charge is 0.246 e. The fourth-order valence-corrected chi connectivity index (χ4v) is 4.44. The van der Waals surface area contributed by atoms with Crippen LogP contribution in [-0.4, -0.2) is 56.0 Å². The lowest BCUT2D eigenvalue weighted by Gasteiger charge is -2.32. The summed E-state index contributed by atoms with van der Waals surface area (Å²) in [6, 6.07) is 14.2. The Morgan fingerprint density at radius 1 is 1.04 bits per heavy atom. The molecular formula is C18H20N2O3S2. The average Bonchev–Trinajstić information content (AvgIpc) is 3.09. The quantitative estimate of drug-likeness (QED) is 0.771. The Kier molecular flexibility index (Phi) is 5.36. The Morgan fingerprint density at radius 2 is 1.72 bits per heavy atom. The van der Waals surface area contributed by atoms with E-state index in [0.29, 0.717) is 26.2 Å². The highest BCUT2D eigenvalue weighted by Gasteiger charge is 2.24. The number of hydrogen-bond acceptors (Lipinski definition) is 4. The van der Waals surface area contributed by atoms with Crippen molar-refractivity contribution in [3.63, 3.8) is 0 Å². The van der Waals surface area contributed by atoms with E-state index in [1.165, 1.54) is 10.6 Å². The number of nitrogens with zero attached hydrogens (tertiary/aromatic N) is 2. The number of thiophene rings is 1. The molecule has 0 bridgehead atoms. The van der Waals surface area contributed by atoms with Gasteiger partial charge in [-0.1, -0.05) is 30.3 Å². The number of hydrogen-bond donors (Lipinski definition) is 0. The monoisotopic (exact) mass is 376 g/mol. The van der Waals surface area contributed by atoms with Crippen LogP contribution >= 0.6 is 11.3 Å². The summed E-state index contributed by atoms with van der Waals surface area (Å²) in [5, 5.41) is 0. The molecule has 1 aromatic carbocycles. The van der Waals surface area contributed by atoms with Gasteiger partial charge in [0.15, 0.2) is 0 Å². The van der Waals surface area contributed by atoms with Crippen molar-refractivity contribution in [1.82, 2.24) is 9.21 Å². The first kappa shape index (κ1) is 17.8. The van der Waals surface area contributed by atoms with Gasteiger partial charge in [0.25, 0.3) is 0 Å². The maximum atomic E-state index is 12.3. The maximum Gasteiger partial charge on any atom is 0.246 e. The molecule has 3 rings (SSSR count). The molecule has 1 saturated heterocycles. The molecule has 0 atom stereocenters. The first-order chi connectivity index (χ1) is 11.9. The highest BCUT2D eigenvalue weighted by Crippen LogP contribution is 2.28. The molecule has 1 aliphatic heterocycles. The summed E-state index contributed by atoms with van der Waals surface area (Å²) < 4.78 is 24.4. The Morgan fingerprint density at radius 3 is 2.36 bits per heavy atom. The van der Waals surface area contributed by atoms with Crippen LogP contribution in [0.4, 0.5) is 0 Å². The van der Waals surface area contributed by atoms with Gasteiger partial charge in [0.05, 0.1) is 6.26 Å². The van der Waals surface area contributed by atoms with Crippen LogP contribution in [0.5, 0.6) is 0 Å². The van der Waals surface area contributed by atoms with Crippen LogP contribution in [0.3, 0.4) is 0 Å². The van der Waals surface area contributed by atoms with Crippen molar-refractivity contribution in [3.05, 3.63) is 53.4 Å². The molecule has 0 unspecified atom stereocenters. The summed E-state index contributed by atoms with van der Waals surface area (Å²) >= 11 is 1.63. The third kappa shape index (κ3) is 4.56. The number of rotatable bonds is 4. The molecule has 1 amide bonds. The fourth-order valence-electron chi connectivity index (χ4n) is 2.70. The second kappa shape index (κ2) is 7.51. The molecule has 0 aliphatic carbocycles. The molecule has 1 fully saturated rings. The Bertz CT molecular complexity index is 865. The van der Waals surface area contributed by atoms with Gasteiger partial charge in [-0.05, 0) is 23.8 Å². The molecule has 25 heavy (non-hydrogen) atoms. The molecule has 0 radical (unpaired) electrons. The van der Waals surface area contributed by atoms with E-state index >= 15 is 0 Å². The standard InChI is InChI=1S/C18H20N2O3S2/c1-25(22,23)20-13-11-19(12-14-20)18(21)10-8-16-7-9-17(24-16)15-5-3-2-4-6-15/h2-10H,11-14H2,1H3/b10-8+. The van der Waals surface area contributed by atoms with Gasteiger partial charge in [-0.15, -0.1) is 11.3 Å². The predicted octanol–water partition coefficient (Wildman–Crippen LogP) is 2.53. The lowest BCUT2D eigenvalue weighted by Crippen LogP contribution is -2.49. The minimum atomic E-state index is -3.17.